The molecule has 7 aromatic rings. The molecule has 0 amide bonds. The Bertz CT molecular complexity index is 2070. The fraction of sp³-hybridized carbons (Fsp3) is 0.135. The molecule has 1 nitrogen and oxygen atoms in total. The van der Waals surface area contributed by atoms with Crippen molar-refractivity contribution in [1.82, 2.24) is 4.57 Å². The Balaban J connectivity index is 1.50. The maximum Gasteiger partial charge on any atom is 0.0582 e. The minimum absolute atomic E-state index is 0.130. The highest BCUT2D eigenvalue weighted by atomic mass is 15.0. The number of fused-ring (bicyclic) bond motifs is 7. The van der Waals surface area contributed by atoms with Crippen molar-refractivity contribution in [3.63, 3.8) is 0 Å². The first-order chi connectivity index (χ1) is 18.4. The lowest BCUT2D eigenvalue weighted by atomic mass is 9.73. The van der Waals surface area contributed by atoms with E-state index in [1.54, 1.807) is 0 Å². The molecule has 0 aliphatic carbocycles. The summed E-state index contributed by atoms with van der Waals surface area (Å²) < 4.78 is 2.52. The van der Waals surface area contributed by atoms with E-state index in [4.69, 9.17) is 0 Å². The minimum Gasteiger partial charge on any atom is -0.309 e. The zero-order chi connectivity index (χ0) is 25.8. The molecule has 0 atom stereocenters. The summed E-state index contributed by atoms with van der Waals surface area (Å²) in [5.74, 6) is 0. The molecule has 1 aliphatic rings. The highest BCUT2D eigenvalue weighted by Gasteiger charge is 2.35. The van der Waals surface area contributed by atoms with Gasteiger partial charge in [-0.1, -0.05) is 91.7 Å². The van der Waals surface area contributed by atoms with Crippen LogP contribution in [0.25, 0.3) is 60.2 Å². The maximum absolute atomic E-state index is 2.52. The van der Waals surface area contributed by atoms with Crippen LogP contribution in [0.1, 0.15) is 36.1 Å². The van der Waals surface area contributed by atoms with E-state index in [-0.39, 0.29) is 5.41 Å². The van der Waals surface area contributed by atoms with E-state index in [1.807, 2.05) is 0 Å². The van der Waals surface area contributed by atoms with Crippen molar-refractivity contribution >= 4 is 43.4 Å². The van der Waals surface area contributed by atoms with Gasteiger partial charge in [0, 0.05) is 16.2 Å². The molecule has 2 heterocycles. The Morgan fingerprint density at radius 3 is 1.97 bits per heavy atom. The summed E-state index contributed by atoms with van der Waals surface area (Å²) in [7, 11) is 0. The number of nitrogens with zero attached hydrogens (tertiary/aromatic N) is 1. The first kappa shape index (κ1) is 21.7. The smallest absolute Gasteiger partial charge is 0.0582 e. The highest BCUT2D eigenvalue weighted by Crippen LogP contribution is 2.49. The fourth-order valence-corrected chi connectivity index (χ4v) is 6.99. The lowest BCUT2D eigenvalue weighted by molar-refractivity contribution is 0.630. The Kier molecular flexibility index (Phi) is 4.20. The predicted octanol–water partition coefficient (Wildman–Crippen LogP) is 10.0. The standard InChI is InChI=1S/C37H29N/c1-22-13-15-33-29(17-22)30-18-23(2)19-32-36(30)38(33)34-16-14-26(21-31(34)37(32,3)4)35-27-11-7-5-9-24(27)20-25-10-6-8-12-28(25)35/h5-21H,1-4H3. The minimum atomic E-state index is -0.130. The molecule has 0 N–H and O–H groups in total. The van der Waals surface area contributed by atoms with Crippen LogP contribution in [-0.4, -0.2) is 4.57 Å². The van der Waals surface area contributed by atoms with Gasteiger partial charge in [-0.25, -0.2) is 0 Å². The molecule has 1 aromatic heterocycles. The lowest BCUT2D eigenvalue weighted by Crippen LogP contribution is -2.26. The molecule has 0 radical (unpaired) electrons. The molecule has 0 fully saturated rings. The Hall–Kier alpha value is -4.36. The second-order valence-corrected chi connectivity index (χ2v) is 11.6. The van der Waals surface area contributed by atoms with Crippen LogP contribution in [0.5, 0.6) is 0 Å². The second-order valence-electron chi connectivity index (χ2n) is 11.6. The van der Waals surface area contributed by atoms with Gasteiger partial charge in [-0.3, -0.25) is 0 Å². The Morgan fingerprint density at radius 1 is 0.553 bits per heavy atom. The van der Waals surface area contributed by atoms with Crippen molar-refractivity contribution in [2.45, 2.75) is 33.1 Å². The van der Waals surface area contributed by atoms with Gasteiger partial charge in [0.1, 0.15) is 0 Å². The summed E-state index contributed by atoms with van der Waals surface area (Å²) in [6, 6.07) is 38.8. The van der Waals surface area contributed by atoms with Crippen LogP contribution >= 0.6 is 0 Å². The average molecular weight is 488 g/mol. The second kappa shape index (κ2) is 7.36. The van der Waals surface area contributed by atoms with Crippen LogP contribution in [0.15, 0.2) is 103 Å². The average Bonchev–Trinajstić information content (AvgIpc) is 3.23. The van der Waals surface area contributed by atoms with Crippen LogP contribution in [0, 0.1) is 13.8 Å². The van der Waals surface area contributed by atoms with Gasteiger partial charge in [0.2, 0.25) is 0 Å². The largest absolute Gasteiger partial charge is 0.309 e. The number of aryl methyl sites for hydroxylation is 2. The van der Waals surface area contributed by atoms with E-state index in [0.717, 1.165) is 0 Å². The third kappa shape index (κ3) is 2.77. The predicted molar refractivity (Wildman–Crippen MR) is 163 cm³/mol. The van der Waals surface area contributed by atoms with E-state index >= 15 is 0 Å². The van der Waals surface area contributed by atoms with Crippen molar-refractivity contribution in [2.75, 3.05) is 0 Å². The summed E-state index contributed by atoms with van der Waals surface area (Å²) >= 11 is 0. The molecule has 1 aliphatic heterocycles. The molecule has 0 saturated carbocycles. The van der Waals surface area contributed by atoms with Gasteiger partial charge in [-0.05, 0) is 94.0 Å². The molecular formula is C37H29N. The molecule has 6 aromatic carbocycles. The van der Waals surface area contributed by atoms with Crippen molar-refractivity contribution in [3.8, 4) is 16.8 Å². The number of rotatable bonds is 1. The van der Waals surface area contributed by atoms with E-state index in [9.17, 15) is 0 Å². The van der Waals surface area contributed by atoms with Crippen molar-refractivity contribution in [1.29, 1.82) is 0 Å². The molecule has 0 saturated heterocycles. The maximum atomic E-state index is 2.52. The van der Waals surface area contributed by atoms with Gasteiger partial charge in [-0.2, -0.15) is 0 Å². The van der Waals surface area contributed by atoms with E-state index in [2.05, 4.69) is 135 Å². The first-order valence-electron chi connectivity index (χ1n) is 13.5. The third-order valence-corrected chi connectivity index (χ3v) is 8.81. The van der Waals surface area contributed by atoms with E-state index in [0.29, 0.717) is 0 Å². The summed E-state index contributed by atoms with van der Waals surface area (Å²) in [5, 5.41) is 7.89. The van der Waals surface area contributed by atoms with E-state index in [1.165, 1.54) is 82.4 Å². The van der Waals surface area contributed by atoms with Crippen molar-refractivity contribution in [2.24, 2.45) is 0 Å². The van der Waals surface area contributed by atoms with E-state index < -0.39 is 0 Å². The molecule has 0 bridgehead atoms. The normalized spacial score (nSPS) is 14.0. The van der Waals surface area contributed by atoms with Gasteiger partial charge in [-0.15, -0.1) is 0 Å². The molecule has 38 heavy (non-hydrogen) atoms. The summed E-state index contributed by atoms with van der Waals surface area (Å²) in [6.45, 7) is 9.23. The summed E-state index contributed by atoms with van der Waals surface area (Å²) in [6.07, 6.45) is 0. The Labute approximate surface area is 223 Å². The lowest BCUT2D eigenvalue weighted by Gasteiger charge is -2.35. The first-order valence-corrected chi connectivity index (χ1v) is 13.5. The topological polar surface area (TPSA) is 4.93 Å². The highest BCUT2D eigenvalue weighted by molar-refractivity contribution is 6.14. The van der Waals surface area contributed by atoms with Gasteiger partial charge in [0.15, 0.2) is 0 Å². The Morgan fingerprint density at radius 2 is 1.24 bits per heavy atom. The van der Waals surface area contributed by atoms with Crippen LogP contribution in [0.4, 0.5) is 0 Å². The van der Waals surface area contributed by atoms with Gasteiger partial charge in [0.25, 0.3) is 0 Å². The van der Waals surface area contributed by atoms with Gasteiger partial charge < -0.3 is 4.57 Å². The van der Waals surface area contributed by atoms with Crippen LogP contribution in [-0.2, 0) is 5.41 Å². The molecule has 1 heteroatoms. The SMILES string of the molecule is Cc1ccc2c(c1)c1cc(C)cc3c1n2-c1ccc(-c2c4ccccc4cc4ccccc24)cc1C3(C)C. The molecule has 8 rings (SSSR count). The molecular weight excluding hydrogens is 458 g/mol. The summed E-state index contributed by atoms with van der Waals surface area (Å²) in [5.41, 5.74) is 11.8. The summed E-state index contributed by atoms with van der Waals surface area (Å²) in [4.78, 5) is 0. The quantitative estimate of drug-likeness (QED) is 0.203. The number of hydrogen-bond acceptors (Lipinski definition) is 0. The molecule has 182 valence electrons. The van der Waals surface area contributed by atoms with Crippen LogP contribution < -0.4 is 0 Å². The zero-order valence-corrected chi connectivity index (χ0v) is 22.3. The van der Waals surface area contributed by atoms with Gasteiger partial charge >= 0.3 is 0 Å². The van der Waals surface area contributed by atoms with Crippen LogP contribution in [0.2, 0.25) is 0 Å². The zero-order valence-electron chi connectivity index (χ0n) is 22.3. The molecule has 0 spiro atoms. The fourth-order valence-electron chi connectivity index (χ4n) is 6.99. The number of aromatic nitrogens is 1. The van der Waals surface area contributed by atoms with Gasteiger partial charge in [0.05, 0.1) is 16.7 Å². The number of hydrogen-bond donors (Lipinski definition) is 0. The van der Waals surface area contributed by atoms with Crippen molar-refractivity contribution < 1.29 is 0 Å². The third-order valence-electron chi connectivity index (χ3n) is 8.81. The number of benzene rings is 6. The van der Waals surface area contributed by atoms with Crippen LogP contribution in [0.3, 0.4) is 0 Å². The monoisotopic (exact) mass is 487 g/mol. The van der Waals surface area contributed by atoms with Crippen molar-refractivity contribution in [3.05, 3.63) is 125 Å². The molecule has 0 unspecified atom stereocenters.